The molecule has 0 bridgehead atoms. The van der Waals surface area contributed by atoms with Crippen molar-refractivity contribution < 1.29 is 27.8 Å². The largest absolute Gasteiger partial charge is 0.476 e. The second kappa shape index (κ2) is 8.99. The number of thioether (sulfide) groups is 1. The number of aromatic nitrogens is 2. The molecule has 35 heavy (non-hydrogen) atoms. The Hall–Kier alpha value is -2.83. The summed E-state index contributed by atoms with van der Waals surface area (Å²) in [6.45, 7) is 3.89. The summed E-state index contributed by atoms with van der Waals surface area (Å²) in [6.07, 6.45) is 3.30. The molecule has 1 unspecified atom stereocenters. The number of nitrogens with zero attached hydrogens (tertiary/aromatic N) is 3. The number of fused-ring (bicyclic) bond motifs is 1. The highest BCUT2D eigenvalue weighted by Gasteiger charge is 2.66. The smallest absolute Gasteiger partial charge is 0.275 e. The summed E-state index contributed by atoms with van der Waals surface area (Å²) in [4.78, 5) is 25.4. The van der Waals surface area contributed by atoms with Crippen LogP contribution < -0.4 is 15.8 Å². The van der Waals surface area contributed by atoms with E-state index < -0.39 is 23.1 Å². The Kier molecular flexibility index (Phi) is 6.14. The average molecular weight is 506 g/mol. The van der Waals surface area contributed by atoms with E-state index in [9.17, 15) is 9.18 Å². The molecule has 1 saturated heterocycles. The van der Waals surface area contributed by atoms with Crippen LogP contribution in [-0.4, -0.2) is 59.3 Å². The number of amides is 1. The van der Waals surface area contributed by atoms with Crippen LogP contribution in [0.3, 0.4) is 0 Å². The summed E-state index contributed by atoms with van der Waals surface area (Å²) in [7, 11) is 1.59. The van der Waals surface area contributed by atoms with E-state index in [1.807, 2.05) is 0 Å². The molecule has 3 aliphatic rings. The first-order valence-electron chi connectivity index (χ1n) is 11.1. The van der Waals surface area contributed by atoms with E-state index >= 15 is 4.39 Å². The summed E-state index contributed by atoms with van der Waals surface area (Å²) in [5, 5.41) is 2.86. The highest BCUT2D eigenvalue weighted by molar-refractivity contribution is 8.15. The molecule has 12 heteroatoms. The Morgan fingerprint density at radius 2 is 2.11 bits per heavy atom. The molecule has 1 aromatic heterocycles. The van der Waals surface area contributed by atoms with Crippen molar-refractivity contribution in [1.82, 2.24) is 9.97 Å². The minimum atomic E-state index is -1.11. The maximum Gasteiger partial charge on any atom is 0.275 e. The van der Waals surface area contributed by atoms with Crippen LogP contribution in [0.15, 0.2) is 29.5 Å². The molecule has 0 radical (unpaired) electrons. The number of halogens is 2. The third kappa shape index (κ3) is 4.45. The third-order valence-electron chi connectivity index (χ3n) is 6.61. The van der Waals surface area contributed by atoms with Crippen LogP contribution in [0.4, 0.5) is 14.5 Å². The second-order valence-corrected chi connectivity index (χ2v) is 10.6. The van der Waals surface area contributed by atoms with E-state index in [2.05, 4.69) is 20.3 Å². The maximum absolute atomic E-state index is 15.0. The fourth-order valence-corrected chi connectivity index (χ4v) is 6.10. The van der Waals surface area contributed by atoms with E-state index in [0.717, 1.165) is 6.07 Å². The van der Waals surface area contributed by atoms with Crippen molar-refractivity contribution in [2.75, 3.05) is 38.9 Å². The van der Waals surface area contributed by atoms with Crippen molar-refractivity contribution in [1.29, 1.82) is 0 Å². The summed E-state index contributed by atoms with van der Waals surface area (Å²) < 4.78 is 45.3. The van der Waals surface area contributed by atoms with E-state index in [-0.39, 0.29) is 38.7 Å². The van der Waals surface area contributed by atoms with E-state index in [0.29, 0.717) is 38.8 Å². The number of rotatable bonds is 8. The number of hydrogen-bond acceptors (Lipinski definition) is 9. The highest BCUT2D eigenvalue weighted by Crippen LogP contribution is 2.66. The third-order valence-corrected chi connectivity index (χ3v) is 7.88. The number of ether oxygens (including phenoxy) is 3. The SMILES string of the molecule is COC[C@]12CC1[C@@](C)(c1cc(NC(=O)c3cnc(OCC4COC4)cn3)cc(F)c1F)N=C(N)S2. The van der Waals surface area contributed by atoms with Gasteiger partial charge < -0.3 is 25.3 Å². The zero-order valence-corrected chi connectivity index (χ0v) is 20.0. The van der Waals surface area contributed by atoms with Crippen molar-refractivity contribution in [2.24, 2.45) is 22.6 Å². The van der Waals surface area contributed by atoms with Gasteiger partial charge in [0.1, 0.15) is 5.69 Å². The van der Waals surface area contributed by atoms with Gasteiger partial charge in [-0.15, -0.1) is 0 Å². The maximum atomic E-state index is 15.0. The molecular weight excluding hydrogens is 480 g/mol. The monoisotopic (exact) mass is 505 g/mol. The molecule has 0 spiro atoms. The number of anilines is 1. The number of nitrogens with one attached hydrogen (secondary N) is 1. The van der Waals surface area contributed by atoms with Crippen molar-refractivity contribution in [3.8, 4) is 5.88 Å². The van der Waals surface area contributed by atoms with Crippen molar-refractivity contribution in [3.63, 3.8) is 0 Å². The van der Waals surface area contributed by atoms with Crippen LogP contribution in [0.5, 0.6) is 5.88 Å². The first kappa shape index (κ1) is 23.9. The van der Waals surface area contributed by atoms with Crippen LogP contribution >= 0.6 is 11.8 Å². The molecule has 1 aromatic carbocycles. The number of methoxy groups -OCH3 is 1. The van der Waals surface area contributed by atoms with Gasteiger partial charge in [0.25, 0.3) is 5.91 Å². The van der Waals surface area contributed by atoms with Gasteiger partial charge in [-0.2, -0.15) is 0 Å². The molecule has 1 amide bonds. The van der Waals surface area contributed by atoms with Gasteiger partial charge in [-0.25, -0.2) is 18.7 Å². The molecule has 2 aliphatic heterocycles. The van der Waals surface area contributed by atoms with Gasteiger partial charge in [0, 0.05) is 36.3 Å². The second-order valence-electron chi connectivity index (χ2n) is 9.18. The quantitative estimate of drug-likeness (QED) is 0.562. The fraction of sp³-hybridized carbons (Fsp3) is 0.478. The van der Waals surface area contributed by atoms with Gasteiger partial charge in [-0.3, -0.25) is 9.79 Å². The summed E-state index contributed by atoms with van der Waals surface area (Å²) in [6, 6.07) is 2.32. The zero-order valence-electron chi connectivity index (χ0n) is 19.2. The molecule has 5 rings (SSSR count). The van der Waals surface area contributed by atoms with E-state index in [1.54, 1.807) is 14.0 Å². The Morgan fingerprint density at radius 3 is 2.77 bits per heavy atom. The molecular formula is C23H25F2N5O4S. The molecule has 1 aliphatic carbocycles. The zero-order chi connectivity index (χ0) is 24.8. The Morgan fingerprint density at radius 1 is 1.31 bits per heavy atom. The lowest BCUT2D eigenvalue weighted by Gasteiger charge is -2.34. The molecule has 1 saturated carbocycles. The van der Waals surface area contributed by atoms with Crippen LogP contribution in [-0.2, 0) is 15.0 Å². The minimum absolute atomic E-state index is 0.000501. The number of nitrogens with two attached hydrogens (primary N) is 1. The molecule has 9 nitrogen and oxygen atoms in total. The summed E-state index contributed by atoms with van der Waals surface area (Å²) in [5.74, 6) is -2.24. The van der Waals surface area contributed by atoms with E-state index in [4.69, 9.17) is 19.9 Å². The Balaban J connectivity index is 1.35. The number of hydrogen-bond donors (Lipinski definition) is 2. The molecule has 3 heterocycles. The number of carbonyl (C=O) groups is 1. The summed E-state index contributed by atoms with van der Waals surface area (Å²) in [5.41, 5.74) is 5.05. The molecule has 186 valence electrons. The van der Waals surface area contributed by atoms with Crippen LogP contribution in [0, 0.1) is 23.5 Å². The number of amidine groups is 1. The lowest BCUT2D eigenvalue weighted by molar-refractivity contribution is -0.0514. The molecule has 3 atom stereocenters. The van der Waals surface area contributed by atoms with Crippen LogP contribution in [0.2, 0.25) is 0 Å². The fourth-order valence-electron chi connectivity index (χ4n) is 4.65. The Labute approximate surface area is 204 Å². The van der Waals surface area contributed by atoms with Crippen molar-refractivity contribution in [2.45, 2.75) is 23.6 Å². The first-order chi connectivity index (χ1) is 16.7. The van der Waals surface area contributed by atoms with Gasteiger partial charge in [-0.05, 0) is 19.4 Å². The molecule has 2 fully saturated rings. The van der Waals surface area contributed by atoms with E-state index in [1.165, 1.54) is 30.2 Å². The van der Waals surface area contributed by atoms with Crippen molar-refractivity contribution in [3.05, 3.63) is 47.4 Å². The van der Waals surface area contributed by atoms with Gasteiger partial charge >= 0.3 is 0 Å². The van der Waals surface area contributed by atoms with Crippen LogP contribution in [0.25, 0.3) is 0 Å². The normalized spacial score (nSPS) is 27.4. The first-order valence-corrected chi connectivity index (χ1v) is 11.9. The average Bonchev–Trinajstić information content (AvgIpc) is 3.50. The van der Waals surface area contributed by atoms with Crippen LogP contribution in [0.1, 0.15) is 29.4 Å². The van der Waals surface area contributed by atoms with Gasteiger partial charge in [0.05, 0.1) is 49.1 Å². The predicted molar refractivity (Wildman–Crippen MR) is 125 cm³/mol. The minimum Gasteiger partial charge on any atom is -0.476 e. The van der Waals surface area contributed by atoms with Crippen molar-refractivity contribution >= 4 is 28.5 Å². The topological polar surface area (TPSA) is 121 Å². The van der Waals surface area contributed by atoms with Gasteiger partial charge in [0.15, 0.2) is 16.8 Å². The lowest BCUT2D eigenvalue weighted by atomic mass is 9.85. The standard InChI is InChI=1S/C23H25F2N5O4S/c1-22(17-5-23(17,11-32-2)35-21(26)30-22)14-3-13(4-15(24)19(14)25)29-20(31)16-6-28-18(7-27-16)34-10-12-8-33-9-12/h3-4,6-7,12,17H,5,8-11H2,1-2H3,(H2,26,30)(H,29,31)/t17?,22-,23-/m1/s1. The molecule has 3 N–H and O–H groups in total. The van der Waals surface area contributed by atoms with Gasteiger partial charge in [-0.1, -0.05) is 11.8 Å². The molecule has 2 aromatic rings. The summed E-state index contributed by atoms with van der Waals surface area (Å²) >= 11 is 1.40. The highest BCUT2D eigenvalue weighted by atomic mass is 32.2. The van der Waals surface area contributed by atoms with Gasteiger partial charge in [0.2, 0.25) is 5.88 Å². The number of benzene rings is 1. The lowest BCUT2D eigenvalue weighted by Crippen LogP contribution is -2.38. The number of carbonyl (C=O) groups excluding carboxylic acids is 1. The predicted octanol–water partition coefficient (Wildman–Crippen LogP) is 2.71. The Bertz CT molecular complexity index is 1180. The number of aliphatic imine (C=N–C) groups is 1.